The zero-order chi connectivity index (χ0) is 12.5. The third-order valence-electron chi connectivity index (χ3n) is 2.80. The van der Waals surface area contributed by atoms with Gasteiger partial charge in [0.25, 0.3) is 0 Å². The lowest BCUT2D eigenvalue weighted by molar-refractivity contribution is 0.387. The van der Waals surface area contributed by atoms with Crippen molar-refractivity contribution < 1.29 is 0 Å². The first-order valence-corrected chi connectivity index (χ1v) is 6.49. The molecule has 1 aromatic carbocycles. The quantitative estimate of drug-likeness (QED) is 0.742. The molecule has 0 saturated heterocycles. The van der Waals surface area contributed by atoms with Gasteiger partial charge in [0.05, 0.1) is 0 Å². The maximum atomic E-state index is 3.58. The van der Waals surface area contributed by atoms with Crippen LogP contribution in [0.15, 0.2) is 30.3 Å². The van der Waals surface area contributed by atoms with Crippen molar-refractivity contribution in [3.63, 3.8) is 0 Å². The van der Waals surface area contributed by atoms with Gasteiger partial charge in [-0.15, -0.1) is 0 Å². The summed E-state index contributed by atoms with van der Waals surface area (Å²) in [5.41, 5.74) is 1.35. The van der Waals surface area contributed by atoms with Crippen molar-refractivity contribution in [3.05, 3.63) is 41.9 Å². The van der Waals surface area contributed by atoms with E-state index in [9.17, 15) is 0 Å². The van der Waals surface area contributed by atoms with E-state index in [2.05, 4.69) is 61.6 Å². The maximum absolute atomic E-state index is 3.58. The molecule has 0 saturated carbocycles. The van der Waals surface area contributed by atoms with E-state index >= 15 is 0 Å². The van der Waals surface area contributed by atoms with E-state index in [4.69, 9.17) is 0 Å². The average molecular weight is 233 g/mol. The molecule has 0 atom stereocenters. The second-order valence-corrected chi connectivity index (χ2v) is 4.75. The number of rotatable bonds is 8. The van der Waals surface area contributed by atoms with E-state index < -0.39 is 0 Å². The Morgan fingerprint density at radius 1 is 1.12 bits per heavy atom. The average Bonchev–Trinajstić information content (AvgIpc) is 2.34. The Morgan fingerprint density at radius 2 is 1.82 bits per heavy atom. The molecular weight excluding hydrogens is 208 g/mol. The predicted molar refractivity (Wildman–Crippen MR) is 74.6 cm³/mol. The van der Waals surface area contributed by atoms with Crippen molar-refractivity contribution in [1.82, 2.24) is 10.2 Å². The molecule has 1 aromatic rings. The van der Waals surface area contributed by atoms with Gasteiger partial charge in [-0.05, 0) is 39.0 Å². The summed E-state index contributed by atoms with van der Waals surface area (Å²) >= 11 is 0. The minimum Gasteiger partial charge on any atom is -0.309 e. The molecule has 95 valence electrons. The fourth-order valence-corrected chi connectivity index (χ4v) is 1.79. The molecule has 0 fully saturated rings. The van der Waals surface area contributed by atoms with Crippen LogP contribution in [0.3, 0.4) is 0 Å². The molecule has 2 nitrogen and oxygen atoms in total. The van der Waals surface area contributed by atoms with Crippen molar-refractivity contribution in [2.75, 3.05) is 20.6 Å². The molecule has 1 radical (unpaired) electrons. The van der Waals surface area contributed by atoms with Crippen LogP contribution in [0.25, 0.3) is 0 Å². The van der Waals surface area contributed by atoms with Gasteiger partial charge in [0.15, 0.2) is 0 Å². The summed E-state index contributed by atoms with van der Waals surface area (Å²) in [4.78, 5) is 2.24. The van der Waals surface area contributed by atoms with E-state index in [1.165, 1.54) is 24.4 Å². The van der Waals surface area contributed by atoms with Gasteiger partial charge in [-0.2, -0.15) is 0 Å². The number of nitrogens with zero attached hydrogens (tertiary/aromatic N) is 1. The summed E-state index contributed by atoms with van der Waals surface area (Å²) in [6.45, 7) is 4.31. The molecule has 0 spiro atoms. The fraction of sp³-hybridized carbons (Fsp3) is 0.533. The van der Waals surface area contributed by atoms with Gasteiger partial charge in [0.1, 0.15) is 0 Å². The van der Waals surface area contributed by atoms with Crippen LogP contribution in [0.2, 0.25) is 0 Å². The van der Waals surface area contributed by atoms with E-state index in [-0.39, 0.29) is 0 Å². The van der Waals surface area contributed by atoms with Gasteiger partial charge in [0.2, 0.25) is 0 Å². The Hall–Kier alpha value is -0.860. The summed E-state index contributed by atoms with van der Waals surface area (Å²) in [5, 5.41) is 3.58. The summed E-state index contributed by atoms with van der Waals surface area (Å²) in [7, 11) is 4.25. The van der Waals surface area contributed by atoms with Gasteiger partial charge < -0.3 is 10.2 Å². The fourth-order valence-electron chi connectivity index (χ4n) is 1.79. The van der Waals surface area contributed by atoms with Gasteiger partial charge in [0, 0.05) is 12.6 Å². The van der Waals surface area contributed by atoms with Crippen LogP contribution in [0, 0.1) is 6.04 Å². The highest BCUT2D eigenvalue weighted by molar-refractivity contribution is 5.14. The molecule has 0 aliphatic heterocycles. The maximum Gasteiger partial charge on any atom is 0.0379 e. The van der Waals surface area contributed by atoms with Crippen molar-refractivity contribution in [1.29, 1.82) is 0 Å². The molecule has 2 heteroatoms. The van der Waals surface area contributed by atoms with Crippen LogP contribution in [0.1, 0.15) is 31.7 Å². The molecule has 0 bridgehead atoms. The van der Waals surface area contributed by atoms with E-state index in [1.54, 1.807) is 0 Å². The molecule has 1 N–H and O–H groups in total. The summed E-state index contributed by atoms with van der Waals surface area (Å²) in [6.07, 6.45) is 3.54. The first-order valence-electron chi connectivity index (χ1n) is 6.49. The summed E-state index contributed by atoms with van der Waals surface area (Å²) in [6, 6.07) is 12.1. The monoisotopic (exact) mass is 233 g/mol. The first-order chi connectivity index (χ1) is 8.22. The highest BCUT2D eigenvalue weighted by atomic mass is 15.1. The minimum atomic E-state index is 0.948. The van der Waals surface area contributed by atoms with Crippen LogP contribution in [0.5, 0.6) is 0 Å². The minimum absolute atomic E-state index is 0.948. The lowest BCUT2D eigenvalue weighted by Gasteiger charge is -2.19. The zero-order valence-electron chi connectivity index (χ0n) is 11.4. The third-order valence-corrected chi connectivity index (χ3v) is 2.80. The Morgan fingerprint density at radius 3 is 2.41 bits per heavy atom. The normalized spacial score (nSPS) is 11.4. The van der Waals surface area contributed by atoms with Crippen LogP contribution in [-0.2, 0) is 6.54 Å². The summed E-state index contributed by atoms with van der Waals surface area (Å²) in [5.74, 6) is 0. The van der Waals surface area contributed by atoms with Crippen molar-refractivity contribution >= 4 is 0 Å². The van der Waals surface area contributed by atoms with Gasteiger partial charge in [-0.1, -0.05) is 43.7 Å². The topological polar surface area (TPSA) is 15.3 Å². The standard InChI is InChI=1S/C15H25N2/c1-4-8-15(11-12-17(2)3)16-13-14-9-6-5-7-10-14/h5-7,9-10,16H,4,8,11-13H2,1-3H3. The first kappa shape index (κ1) is 14.2. The van der Waals surface area contributed by atoms with Crippen LogP contribution >= 0.6 is 0 Å². The molecule has 0 amide bonds. The lowest BCUT2D eigenvalue weighted by atomic mass is 10.1. The van der Waals surface area contributed by atoms with Crippen LogP contribution in [-0.4, -0.2) is 25.5 Å². The van der Waals surface area contributed by atoms with E-state index in [1.807, 2.05) is 0 Å². The Kier molecular flexibility index (Phi) is 6.90. The number of hydrogen-bond donors (Lipinski definition) is 1. The van der Waals surface area contributed by atoms with Gasteiger partial charge in [-0.25, -0.2) is 0 Å². The molecule has 17 heavy (non-hydrogen) atoms. The second kappa shape index (κ2) is 8.26. The van der Waals surface area contributed by atoms with E-state index in [0.717, 1.165) is 19.5 Å². The lowest BCUT2D eigenvalue weighted by Crippen LogP contribution is -2.25. The number of benzene rings is 1. The van der Waals surface area contributed by atoms with Crippen LogP contribution < -0.4 is 5.32 Å². The Labute approximate surface area is 106 Å². The molecular formula is C15H25N2. The van der Waals surface area contributed by atoms with Crippen LogP contribution in [0.4, 0.5) is 0 Å². The molecule has 0 aliphatic rings. The Balaban J connectivity index is 2.33. The number of hydrogen-bond acceptors (Lipinski definition) is 2. The molecule has 1 rings (SSSR count). The highest BCUT2D eigenvalue weighted by Crippen LogP contribution is 2.12. The highest BCUT2D eigenvalue weighted by Gasteiger charge is 2.08. The van der Waals surface area contributed by atoms with Crippen molar-refractivity contribution in [3.8, 4) is 0 Å². The van der Waals surface area contributed by atoms with Gasteiger partial charge in [-0.3, -0.25) is 0 Å². The zero-order valence-corrected chi connectivity index (χ0v) is 11.4. The van der Waals surface area contributed by atoms with Crippen molar-refractivity contribution in [2.45, 2.75) is 32.7 Å². The largest absolute Gasteiger partial charge is 0.309 e. The third kappa shape index (κ3) is 6.44. The second-order valence-electron chi connectivity index (χ2n) is 4.75. The van der Waals surface area contributed by atoms with Crippen molar-refractivity contribution in [2.24, 2.45) is 0 Å². The van der Waals surface area contributed by atoms with Gasteiger partial charge >= 0.3 is 0 Å². The SMILES string of the molecule is CCC[C](CCN(C)C)NCc1ccccc1. The number of nitrogens with one attached hydrogen (secondary N) is 1. The molecule has 0 unspecified atom stereocenters. The molecule has 0 aliphatic carbocycles. The smallest absolute Gasteiger partial charge is 0.0379 e. The Bertz CT molecular complexity index is 282. The summed E-state index contributed by atoms with van der Waals surface area (Å²) < 4.78 is 0. The predicted octanol–water partition coefficient (Wildman–Crippen LogP) is 3.06. The molecule has 0 aromatic heterocycles. The van der Waals surface area contributed by atoms with E-state index in [0.29, 0.717) is 0 Å². The molecule has 0 heterocycles.